The van der Waals surface area contributed by atoms with Crippen LogP contribution in [0.1, 0.15) is 58.9 Å². The van der Waals surface area contributed by atoms with Gasteiger partial charge in [0.25, 0.3) is 5.91 Å². The zero-order valence-corrected chi connectivity index (χ0v) is 17.4. The average Bonchev–Trinajstić information content (AvgIpc) is 3.08. The van der Waals surface area contributed by atoms with Gasteiger partial charge < -0.3 is 4.57 Å². The van der Waals surface area contributed by atoms with Crippen molar-refractivity contribution in [2.45, 2.75) is 45.4 Å². The number of aryl methyl sites for hydroxylation is 1. The number of nitrogens with zero attached hydrogens (tertiary/aromatic N) is 2. The zero-order valence-electron chi connectivity index (χ0n) is 17.4. The van der Waals surface area contributed by atoms with Crippen molar-refractivity contribution in [2.24, 2.45) is 5.10 Å². The predicted molar refractivity (Wildman–Crippen MR) is 118 cm³/mol. The summed E-state index contributed by atoms with van der Waals surface area (Å²) in [5.74, 6) is 0.0709. The molecule has 0 radical (unpaired) electrons. The van der Waals surface area contributed by atoms with Gasteiger partial charge in [-0.1, -0.05) is 30.3 Å². The second kappa shape index (κ2) is 8.66. The largest absolute Gasteiger partial charge is 0.318 e. The summed E-state index contributed by atoms with van der Waals surface area (Å²) in [5, 5.41) is 4.41. The molecule has 1 heterocycles. The highest BCUT2D eigenvalue weighted by Gasteiger charge is 2.20. The Morgan fingerprint density at radius 1 is 1.03 bits per heavy atom. The molecule has 1 aliphatic carbocycles. The van der Waals surface area contributed by atoms with Gasteiger partial charge in [-0.15, -0.1) is 0 Å². The minimum atomic E-state index is -0.281. The maximum Gasteiger partial charge on any atom is 0.273 e. The van der Waals surface area contributed by atoms with Crippen molar-refractivity contribution in [3.8, 4) is 5.69 Å². The SMILES string of the molecule is Cc1cc(C(=O)NN=C2CCC(c3ccccc3)CC2)c(C)n1-c1ccc(F)cc1. The molecule has 2 aromatic carbocycles. The average molecular weight is 404 g/mol. The predicted octanol–water partition coefficient (Wildman–Crippen LogP) is 5.68. The van der Waals surface area contributed by atoms with Crippen LogP contribution in [0.2, 0.25) is 0 Å². The van der Waals surface area contributed by atoms with Gasteiger partial charge in [0.1, 0.15) is 5.82 Å². The third-order valence-corrected chi connectivity index (χ3v) is 5.91. The quantitative estimate of drug-likeness (QED) is 0.560. The highest BCUT2D eigenvalue weighted by molar-refractivity contribution is 5.97. The molecule has 1 amide bonds. The molecule has 1 fully saturated rings. The fourth-order valence-corrected chi connectivity index (χ4v) is 4.29. The number of aromatic nitrogens is 1. The summed E-state index contributed by atoms with van der Waals surface area (Å²) in [6.07, 6.45) is 3.90. The van der Waals surface area contributed by atoms with Crippen molar-refractivity contribution in [3.05, 3.63) is 89.0 Å². The Balaban J connectivity index is 1.42. The van der Waals surface area contributed by atoms with Gasteiger partial charge in [-0.2, -0.15) is 5.10 Å². The number of carbonyl (C=O) groups is 1. The summed E-state index contributed by atoms with van der Waals surface area (Å²) in [4.78, 5) is 12.8. The molecule has 30 heavy (non-hydrogen) atoms. The minimum absolute atomic E-state index is 0.214. The lowest BCUT2D eigenvalue weighted by atomic mass is 9.83. The van der Waals surface area contributed by atoms with Crippen molar-refractivity contribution in [1.29, 1.82) is 0 Å². The highest BCUT2D eigenvalue weighted by Crippen LogP contribution is 2.31. The number of hydrogen-bond acceptors (Lipinski definition) is 2. The number of hydrazone groups is 1. The molecule has 0 saturated heterocycles. The van der Waals surface area contributed by atoms with E-state index in [-0.39, 0.29) is 11.7 Å². The number of halogens is 1. The number of rotatable bonds is 4. The lowest BCUT2D eigenvalue weighted by Gasteiger charge is -2.23. The lowest BCUT2D eigenvalue weighted by Crippen LogP contribution is -2.22. The van der Waals surface area contributed by atoms with E-state index in [4.69, 9.17) is 0 Å². The van der Waals surface area contributed by atoms with E-state index in [2.05, 4.69) is 34.8 Å². The van der Waals surface area contributed by atoms with Crippen LogP contribution in [0.4, 0.5) is 4.39 Å². The molecule has 1 aliphatic rings. The zero-order chi connectivity index (χ0) is 21.1. The number of amides is 1. The van der Waals surface area contributed by atoms with Gasteiger partial charge in [-0.05, 0) is 81.3 Å². The normalized spacial score (nSPS) is 16.4. The van der Waals surface area contributed by atoms with Crippen molar-refractivity contribution in [1.82, 2.24) is 9.99 Å². The summed E-state index contributed by atoms with van der Waals surface area (Å²) < 4.78 is 15.2. The van der Waals surface area contributed by atoms with E-state index in [1.54, 1.807) is 12.1 Å². The molecule has 0 unspecified atom stereocenters. The van der Waals surface area contributed by atoms with E-state index < -0.39 is 0 Å². The molecule has 154 valence electrons. The van der Waals surface area contributed by atoms with Gasteiger partial charge in [0.15, 0.2) is 0 Å². The molecular weight excluding hydrogens is 377 g/mol. The van der Waals surface area contributed by atoms with Gasteiger partial charge >= 0.3 is 0 Å². The summed E-state index contributed by atoms with van der Waals surface area (Å²) in [7, 11) is 0. The van der Waals surface area contributed by atoms with Gasteiger partial charge in [-0.25, -0.2) is 9.82 Å². The van der Waals surface area contributed by atoms with Crippen LogP contribution in [0.5, 0.6) is 0 Å². The van der Waals surface area contributed by atoms with Crippen molar-refractivity contribution >= 4 is 11.6 Å². The minimum Gasteiger partial charge on any atom is -0.318 e. The molecule has 3 aromatic rings. The maximum absolute atomic E-state index is 13.2. The van der Waals surface area contributed by atoms with E-state index in [0.29, 0.717) is 11.5 Å². The number of hydrogen-bond donors (Lipinski definition) is 1. The van der Waals surface area contributed by atoms with Crippen LogP contribution >= 0.6 is 0 Å². The first-order valence-corrected chi connectivity index (χ1v) is 10.4. The number of benzene rings is 2. The van der Waals surface area contributed by atoms with Crippen LogP contribution in [0, 0.1) is 19.7 Å². The molecule has 0 aliphatic heterocycles. The van der Waals surface area contributed by atoms with Crippen LogP contribution in [0.3, 0.4) is 0 Å². The topological polar surface area (TPSA) is 46.4 Å². The first-order valence-electron chi connectivity index (χ1n) is 10.4. The van der Waals surface area contributed by atoms with E-state index in [1.807, 2.05) is 30.5 Å². The Labute approximate surface area is 176 Å². The second-order valence-corrected chi connectivity index (χ2v) is 7.90. The van der Waals surface area contributed by atoms with Gasteiger partial charge in [0.2, 0.25) is 0 Å². The molecular formula is C25H26FN3O. The molecule has 0 bridgehead atoms. The maximum atomic E-state index is 13.2. The third-order valence-electron chi connectivity index (χ3n) is 5.91. The summed E-state index contributed by atoms with van der Waals surface area (Å²) in [6, 6.07) is 18.7. The van der Waals surface area contributed by atoms with Gasteiger partial charge in [-0.3, -0.25) is 4.79 Å². The number of nitrogens with one attached hydrogen (secondary N) is 1. The summed E-state index contributed by atoms with van der Waals surface area (Å²) in [6.45, 7) is 3.83. The van der Waals surface area contributed by atoms with Crippen LogP contribution in [-0.2, 0) is 0 Å². The molecule has 1 N–H and O–H groups in total. The van der Waals surface area contributed by atoms with E-state index in [0.717, 1.165) is 48.5 Å². The molecule has 5 heteroatoms. The Bertz CT molecular complexity index is 1060. The Kier molecular flexibility index (Phi) is 5.79. The molecule has 1 saturated carbocycles. The molecule has 0 spiro atoms. The highest BCUT2D eigenvalue weighted by atomic mass is 19.1. The number of carbonyl (C=O) groups excluding carboxylic acids is 1. The van der Waals surface area contributed by atoms with Gasteiger partial charge in [0, 0.05) is 22.8 Å². The fourth-order valence-electron chi connectivity index (χ4n) is 4.29. The van der Waals surface area contributed by atoms with Crippen molar-refractivity contribution in [3.63, 3.8) is 0 Å². The first-order chi connectivity index (χ1) is 14.5. The van der Waals surface area contributed by atoms with E-state index in [1.165, 1.54) is 17.7 Å². The van der Waals surface area contributed by atoms with E-state index in [9.17, 15) is 9.18 Å². The van der Waals surface area contributed by atoms with Crippen LogP contribution in [0.25, 0.3) is 5.69 Å². The Morgan fingerprint density at radius 3 is 2.37 bits per heavy atom. The van der Waals surface area contributed by atoms with Crippen LogP contribution in [0.15, 0.2) is 65.8 Å². The molecule has 1 aromatic heterocycles. The Hall–Kier alpha value is -3.21. The third kappa shape index (κ3) is 4.20. The molecule has 0 atom stereocenters. The van der Waals surface area contributed by atoms with Crippen LogP contribution < -0.4 is 5.43 Å². The van der Waals surface area contributed by atoms with Crippen LogP contribution in [-0.4, -0.2) is 16.2 Å². The summed E-state index contributed by atoms with van der Waals surface area (Å²) in [5.41, 5.74) is 8.31. The smallest absolute Gasteiger partial charge is 0.273 e. The second-order valence-electron chi connectivity index (χ2n) is 7.90. The fraction of sp³-hybridized carbons (Fsp3) is 0.280. The van der Waals surface area contributed by atoms with Crippen molar-refractivity contribution in [2.75, 3.05) is 0 Å². The monoisotopic (exact) mass is 403 g/mol. The standard InChI is InChI=1S/C25H26FN3O/c1-17-16-24(18(2)29(17)23-14-10-21(26)11-15-23)25(30)28-27-22-12-8-20(9-13-22)19-6-4-3-5-7-19/h3-7,10-11,14-16,20H,8-9,12-13H2,1-2H3,(H,28,30). The first kappa shape index (κ1) is 20.1. The molecule has 4 rings (SSSR count). The lowest BCUT2D eigenvalue weighted by molar-refractivity contribution is 0.0954. The van der Waals surface area contributed by atoms with Crippen molar-refractivity contribution < 1.29 is 9.18 Å². The molecule has 4 nitrogen and oxygen atoms in total. The van der Waals surface area contributed by atoms with Gasteiger partial charge in [0.05, 0.1) is 5.56 Å². The Morgan fingerprint density at radius 2 is 1.70 bits per heavy atom. The van der Waals surface area contributed by atoms with E-state index >= 15 is 0 Å². The summed E-state index contributed by atoms with van der Waals surface area (Å²) >= 11 is 0.